The Balaban J connectivity index is 3.67. The second-order valence-corrected chi connectivity index (χ2v) is 4.53. The monoisotopic (exact) mass is 246 g/mol. The van der Waals surface area contributed by atoms with Gasteiger partial charge in [-0.2, -0.15) is 11.8 Å². The van der Waals surface area contributed by atoms with Gasteiger partial charge in [-0.25, -0.2) is 0 Å². The van der Waals surface area contributed by atoms with Crippen LogP contribution in [-0.4, -0.2) is 41.7 Å². The lowest BCUT2D eigenvalue weighted by Gasteiger charge is -2.13. The summed E-state index contributed by atoms with van der Waals surface area (Å²) < 4.78 is 0. The number of rotatable bonds is 10. The zero-order valence-electron chi connectivity index (χ0n) is 9.43. The van der Waals surface area contributed by atoms with E-state index in [9.17, 15) is 4.79 Å². The molecule has 2 N–H and O–H groups in total. The first-order valence-corrected chi connectivity index (χ1v) is 6.42. The first-order valence-electron chi connectivity index (χ1n) is 5.27. The van der Waals surface area contributed by atoms with Crippen LogP contribution in [0.15, 0.2) is 5.11 Å². The number of carboxylic acid groups (broad SMARTS) is 1. The Hall–Kier alpha value is -0.910. The van der Waals surface area contributed by atoms with Crippen LogP contribution in [0, 0.1) is 0 Å². The van der Waals surface area contributed by atoms with Crippen molar-refractivity contribution in [2.24, 2.45) is 5.11 Å². The molecule has 6 nitrogen and oxygen atoms in total. The van der Waals surface area contributed by atoms with E-state index in [4.69, 9.17) is 10.6 Å². The van der Waals surface area contributed by atoms with Crippen molar-refractivity contribution < 1.29 is 9.90 Å². The minimum Gasteiger partial charge on any atom is -0.480 e. The Morgan fingerprint density at radius 2 is 2.44 bits per heavy atom. The molecule has 0 radical (unpaired) electrons. The Morgan fingerprint density at radius 3 is 3.00 bits per heavy atom. The van der Waals surface area contributed by atoms with E-state index >= 15 is 0 Å². The van der Waals surface area contributed by atoms with E-state index in [1.807, 2.05) is 6.92 Å². The number of nitrogens with one attached hydrogen (secondary N) is 1. The van der Waals surface area contributed by atoms with Crippen molar-refractivity contribution in [1.29, 1.82) is 0 Å². The standard InChI is InChI=1S/C9H18N4O2S/c1-2-16-7-4-8(9(14)15)11-5-3-6-12-13-10/h8,11H,2-7H2,1H3,(H,14,15). The molecule has 92 valence electrons. The largest absolute Gasteiger partial charge is 0.480 e. The van der Waals surface area contributed by atoms with Crippen molar-refractivity contribution >= 4 is 17.7 Å². The summed E-state index contributed by atoms with van der Waals surface area (Å²) in [6.45, 7) is 3.01. The molecule has 0 aliphatic heterocycles. The molecule has 0 saturated carbocycles. The third-order valence-electron chi connectivity index (χ3n) is 1.94. The fourth-order valence-corrected chi connectivity index (χ4v) is 1.82. The third-order valence-corrected chi connectivity index (χ3v) is 2.87. The number of thioether (sulfide) groups is 1. The van der Waals surface area contributed by atoms with E-state index in [0.717, 1.165) is 11.5 Å². The first-order chi connectivity index (χ1) is 7.72. The van der Waals surface area contributed by atoms with Crippen molar-refractivity contribution in [2.45, 2.75) is 25.8 Å². The van der Waals surface area contributed by atoms with Crippen LogP contribution in [0.25, 0.3) is 10.4 Å². The highest BCUT2D eigenvalue weighted by molar-refractivity contribution is 7.99. The van der Waals surface area contributed by atoms with E-state index in [1.54, 1.807) is 11.8 Å². The molecule has 7 heteroatoms. The Labute approximate surface area is 99.4 Å². The van der Waals surface area contributed by atoms with Crippen LogP contribution in [0.3, 0.4) is 0 Å². The van der Waals surface area contributed by atoms with Crippen molar-refractivity contribution in [3.63, 3.8) is 0 Å². The first kappa shape index (κ1) is 15.1. The van der Waals surface area contributed by atoms with Crippen LogP contribution >= 0.6 is 11.8 Å². The number of nitrogens with zero attached hydrogens (tertiary/aromatic N) is 3. The van der Waals surface area contributed by atoms with Gasteiger partial charge < -0.3 is 10.4 Å². The number of aliphatic carboxylic acids is 1. The maximum atomic E-state index is 10.9. The lowest BCUT2D eigenvalue weighted by molar-refractivity contribution is -0.139. The highest BCUT2D eigenvalue weighted by Gasteiger charge is 2.15. The van der Waals surface area contributed by atoms with Gasteiger partial charge in [0.25, 0.3) is 0 Å². The Bertz CT molecular complexity index is 244. The topological polar surface area (TPSA) is 98.1 Å². The predicted octanol–water partition coefficient (Wildman–Crippen LogP) is 1.87. The second-order valence-electron chi connectivity index (χ2n) is 3.14. The molecule has 0 aliphatic carbocycles. The van der Waals surface area contributed by atoms with Gasteiger partial charge in [-0.1, -0.05) is 12.0 Å². The summed E-state index contributed by atoms with van der Waals surface area (Å²) in [7, 11) is 0. The molecule has 0 aromatic carbocycles. The SMILES string of the molecule is CCSCCC(NCCCN=[N+]=[N-])C(=O)O. The van der Waals surface area contributed by atoms with Gasteiger partial charge in [-0.15, -0.1) is 0 Å². The zero-order chi connectivity index (χ0) is 12.2. The van der Waals surface area contributed by atoms with Crippen molar-refractivity contribution in [2.75, 3.05) is 24.6 Å². The van der Waals surface area contributed by atoms with Gasteiger partial charge in [0.1, 0.15) is 6.04 Å². The molecule has 0 saturated heterocycles. The molecule has 0 heterocycles. The van der Waals surface area contributed by atoms with Crippen molar-refractivity contribution in [3.8, 4) is 0 Å². The number of carbonyl (C=O) groups is 1. The van der Waals surface area contributed by atoms with Gasteiger partial charge in [0.05, 0.1) is 0 Å². The summed E-state index contributed by atoms with van der Waals surface area (Å²) in [6, 6.07) is -0.495. The van der Waals surface area contributed by atoms with E-state index in [0.29, 0.717) is 25.9 Å². The normalized spacial score (nSPS) is 11.8. The molecule has 0 aromatic heterocycles. The van der Waals surface area contributed by atoms with Gasteiger partial charge in [-0.05, 0) is 36.4 Å². The smallest absolute Gasteiger partial charge is 0.320 e. The van der Waals surface area contributed by atoms with Crippen LogP contribution in [0.4, 0.5) is 0 Å². The fourth-order valence-electron chi connectivity index (χ4n) is 1.13. The third kappa shape index (κ3) is 8.40. The van der Waals surface area contributed by atoms with E-state index in [2.05, 4.69) is 15.3 Å². The van der Waals surface area contributed by atoms with Gasteiger partial charge in [0.15, 0.2) is 0 Å². The molecule has 0 rings (SSSR count). The quantitative estimate of drug-likeness (QED) is 0.266. The molecule has 0 amide bonds. The molecule has 16 heavy (non-hydrogen) atoms. The average molecular weight is 246 g/mol. The Morgan fingerprint density at radius 1 is 1.69 bits per heavy atom. The number of azide groups is 1. The molecular weight excluding hydrogens is 228 g/mol. The summed E-state index contributed by atoms with van der Waals surface area (Å²) in [4.78, 5) is 13.5. The van der Waals surface area contributed by atoms with Gasteiger partial charge in [0, 0.05) is 11.5 Å². The van der Waals surface area contributed by atoms with Crippen LogP contribution in [0.1, 0.15) is 19.8 Å². The molecule has 0 aliphatic rings. The van der Waals surface area contributed by atoms with E-state index in [1.165, 1.54) is 0 Å². The van der Waals surface area contributed by atoms with Gasteiger partial charge in [0.2, 0.25) is 0 Å². The predicted molar refractivity (Wildman–Crippen MR) is 65.7 cm³/mol. The number of hydrogen-bond donors (Lipinski definition) is 2. The van der Waals surface area contributed by atoms with Crippen molar-refractivity contribution in [3.05, 3.63) is 10.4 Å². The highest BCUT2D eigenvalue weighted by atomic mass is 32.2. The van der Waals surface area contributed by atoms with E-state index in [-0.39, 0.29) is 0 Å². The minimum atomic E-state index is -0.819. The molecule has 1 atom stereocenters. The van der Waals surface area contributed by atoms with Crippen molar-refractivity contribution in [1.82, 2.24) is 5.32 Å². The van der Waals surface area contributed by atoms with Crippen LogP contribution in [0.5, 0.6) is 0 Å². The molecule has 0 bridgehead atoms. The molecule has 0 fully saturated rings. The van der Waals surface area contributed by atoms with Gasteiger partial charge >= 0.3 is 5.97 Å². The number of carboxylic acids is 1. The highest BCUT2D eigenvalue weighted by Crippen LogP contribution is 2.04. The molecule has 0 spiro atoms. The maximum absolute atomic E-state index is 10.9. The molecular formula is C9H18N4O2S. The van der Waals surface area contributed by atoms with Crippen LogP contribution in [0.2, 0.25) is 0 Å². The summed E-state index contributed by atoms with van der Waals surface area (Å²) in [5, 5.41) is 15.2. The second kappa shape index (κ2) is 10.6. The number of hydrogen-bond acceptors (Lipinski definition) is 4. The van der Waals surface area contributed by atoms with Gasteiger partial charge in [-0.3, -0.25) is 4.79 Å². The fraction of sp³-hybridized carbons (Fsp3) is 0.889. The summed E-state index contributed by atoms with van der Waals surface area (Å²) >= 11 is 1.73. The zero-order valence-corrected chi connectivity index (χ0v) is 10.2. The summed E-state index contributed by atoms with van der Waals surface area (Å²) in [6.07, 6.45) is 1.28. The maximum Gasteiger partial charge on any atom is 0.320 e. The van der Waals surface area contributed by atoms with Crippen LogP contribution < -0.4 is 5.32 Å². The Kier molecular flexibility index (Phi) is 10.00. The van der Waals surface area contributed by atoms with E-state index < -0.39 is 12.0 Å². The average Bonchev–Trinajstić information content (AvgIpc) is 2.26. The lowest BCUT2D eigenvalue weighted by Crippen LogP contribution is -2.37. The summed E-state index contributed by atoms with van der Waals surface area (Å²) in [5.41, 5.74) is 8.05. The molecule has 1 unspecified atom stereocenters. The lowest BCUT2D eigenvalue weighted by atomic mass is 10.2. The van der Waals surface area contributed by atoms with Crippen LogP contribution in [-0.2, 0) is 4.79 Å². The summed E-state index contributed by atoms with van der Waals surface area (Å²) in [5.74, 6) is 1.03. The molecule has 0 aromatic rings. The minimum absolute atomic E-state index is 0.402.